The van der Waals surface area contributed by atoms with Gasteiger partial charge in [-0.15, -0.1) is 11.3 Å². The number of thiazole rings is 1. The molecule has 0 saturated heterocycles. The van der Waals surface area contributed by atoms with E-state index in [1.807, 2.05) is 84.9 Å². The van der Waals surface area contributed by atoms with Gasteiger partial charge in [0.25, 0.3) is 0 Å². The van der Waals surface area contributed by atoms with Crippen molar-refractivity contribution >= 4 is 50.7 Å². The Hall–Kier alpha value is -3.09. The predicted molar refractivity (Wildman–Crippen MR) is 121 cm³/mol. The highest BCUT2D eigenvalue weighted by Gasteiger charge is 2.21. The molecule has 0 bridgehead atoms. The van der Waals surface area contributed by atoms with Crippen LogP contribution in [-0.4, -0.2) is 18.1 Å². The third-order valence-corrected chi connectivity index (χ3v) is 6.34. The van der Waals surface area contributed by atoms with E-state index >= 15 is 0 Å². The fourth-order valence-electron chi connectivity index (χ4n) is 2.80. The molecule has 144 valence electrons. The maximum Gasteiger partial charge on any atom is 0.346 e. The van der Waals surface area contributed by atoms with Crippen molar-refractivity contribution in [1.29, 1.82) is 0 Å². The van der Waals surface area contributed by atoms with Gasteiger partial charge < -0.3 is 10.1 Å². The molecular formula is C23H18N2O2S2. The van der Waals surface area contributed by atoms with E-state index in [0.717, 1.165) is 25.8 Å². The van der Waals surface area contributed by atoms with Gasteiger partial charge in [0.2, 0.25) is 0 Å². The highest BCUT2D eigenvalue weighted by atomic mass is 32.2. The molecule has 0 unspecified atom stereocenters. The second-order valence-corrected chi connectivity index (χ2v) is 8.39. The standard InChI is InChI=1S/C23H18N2O2S2/c1-27-22(26)21(29-23-25-18-14-8-9-15-19(18)28-23)20(16-10-4-2-5-11-16)24-17-12-6-3-7-13-17/h2-15,24H,1H3/b21-20+. The Morgan fingerprint density at radius 1 is 0.931 bits per heavy atom. The minimum absolute atomic E-state index is 0.406. The lowest BCUT2D eigenvalue weighted by Crippen LogP contribution is -2.10. The number of ether oxygens (including phenoxy) is 1. The number of hydrogen-bond acceptors (Lipinski definition) is 6. The second-order valence-electron chi connectivity index (χ2n) is 6.10. The maximum absolute atomic E-state index is 12.8. The zero-order chi connectivity index (χ0) is 20.1. The van der Waals surface area contributed by atoms with Crippen molar-refractivity contribution in [3.8, 4) is 0 Å². The van der Waals surface area contributed by atoms with Crippen LogP contribution in [0.5, 0.6) is 0 Å². The molecule has 3 aromatic carbocycles. The molecule has 4 aromatic rings. The number of nitrogens with one attached hydrogen (secondary N) is 1. The van der Waals surface area contributed by atoms with E-state index in [9.17, 15) is 4.79 Å². The van der Waals surface area contributed by atoms with Gasteiger partial charge in [0.15, 0.2) is 4.34 Å². The number of rotatable bonds is 6. The Morgan fingerprint density at radius 3 is 2.28 bits per heavy atom. The van der Waals surface area contributed by atoms with E-state index in [2.05, 4.69) is 10.3 Å². The molecule has 0 aliphatic heterocycles. The molecule has 4 nitrogen and oxygen atoms in total. The molecule has 0 saturated carbocycles. The van der Waals surface area contributed by atoms with Crippen LogP contribution in [0, 0.1) is 0 Å². The second kappa shape index (κ2) is 8.94. The van der Waals surface area contributed by atoms with Gasteiger partial charge in [0, 0.05) is 5.69 Å². The highest BCUT2D eigenvalue weighted by Crippen LogP contribution is 2.38. The molecule has 0 amide bonds. The summed E-state index contributed by atoms with van der Waals surface area (Å²) in [5, 5.41) is 3.40. The van der Waals surface area contributed by atoms with Crippen LogP contribution in [0.1, 0.15) is 5.56 Å². The molecule has 29 heavy (non-hydrogen) atoms. The number of aromatic nitrogens is 1. The topological polar surface area (TPSA) is 51.2 Å². The van der Waals surface area contributed by atoms with Crippen molar-refractivity contribution in [2.75, 3.05) is 12.4 Å². The Bertz CT molecular complexity index is 1120. The zero-order valence-corrected chi connectivity index (χ0v) is 17.3. The van der Waals surface area contributed by atoms with E-state index in [1.165, 1.54) is 18.9 Å². The van der Waals surface area contributed by atoms with Crippen LogP contribution in [0.15, 0.2) is 94.2 Å². The van der Waals surface area contributed by atoms with Crippen LogP contribution in [0.2, 0.25) is 0 Å². The molecule has 0 fully saturated rings. The molecule has 6 heteroatoms. The van der Waals surface area contributed by atoms with E-state index in [0.29, 0.717) is 10.6 Å². The van der Waals surface area contributed by atoms with E-state index in [4.69, 9.17) is 4.74 Å². The van der Waals surface area contributed by atoms with Crippen LogP contribution >= 0.6 is 23.1 Å². The monoisotopic (exact) mass is 418 g/mol. The summed E-state index contributed by atoms with van der Waals surface area (Å²) < 4.78 is 6.99. The molecule has 0 radical (unpaired) electrons. The van der Waals surface area contributed by atoms with Crippen molar-refractivity contribution in [2.45, 2.75) is 4.34 Å². The minimum atomic E-state index is -0.406. The Morgan fingerprint density at radius 2 is 1.59 bits per heavy atom. The molecule has 1 heterocycles. The summed E-state index contributed by atoms with van der Waals surface area (Å²) in [5.41, 5.74) is 3.39. The lowest BCUT2D eigenvalue weighted by atomic mass is 10.1. The minimum Gasteiger partial charge on any atom is -0.465 e. The Labute approximate surface area is 177 Å². The van der Waals surface area contributed by atoms with E-state index in [1.54, 1.807) is 11.3 Å². The molecule has 0 spiro atoms. The third kappa shape index (κ3) is 4.50. The van der Waals surface area contributed by atoms with Gasteiger partial charge >= 0.3 is 5.97 Å². The van der Waals surface area contributed by atoms with E-state index < -0.39 is 5.97 Å². The van der Waals surface area contributed by atoms with Gasteiger partial charge in [-0.1, -0.05) is 60.7 Å². The summed E-state index contributed by atoms with van der Waals surface area (Å²) in [7, 11) is 1.40. The summed E-state index contributed by atoms with van der Waals surface area (Å²) in [6, 6.07) is 27.5. The van der Waals surface area contributed by atoms with Crippen LogP contribution in [-0.2, 0) is 9.53 Å². The highest BCUT2D eigenvalue weighted by molar-refractivity contribution is 8.05. The van der Waals surface area contributed by atoms with Crippen molar-refractivity contribution in [3.63, 3.8) is 0 Å². The van der Waals surface area contributed by atoms with Crippen LogP contribution < -0.4 is 5.32 Å². The average molecular weight is 419 g/mol. The summed E-state index contributed by atoms with van der Waals surface area (Å²) >= 11 is 2.87. The fraction of sp³-hybridized carbons (Fsp3) is 0.0435. The van der Waals surface area contributed by atoms with Crippen molar-refractivity contribution < 1.29 is 9.53 Å². The van der Waals surface area contributed by atoms with Gasteiger partial charge in [0.05, 0.1) is 23.0 Å². The number of esters is 1. The first kappa shape index (κ1) is 19.2. The summed E-state index contributed by atoms with van der Waals surface area (Å²) in [6.07, 6.45) is 0. The van der Waals surface area contributed by atoms with Crippen molar-refractivity contribution in [3.05, 3.63) is 95.4 Å². The predicted octanol–water partition coefficient (Wildman–Crippen LogP) is 6.04. The van der Waals surface area contributed by atoms with Crippen molar-refractivity contribution in [2.24, 2.45) is 0 Å². The Kier molecular flexibility index (Phi) is 5.93. The lowest BCUT2D eigenvalue weighted by molar-refractivity contribution is -0.135. The number of para-hydroxylation sites is 2. The normalized spacial score (nSPS) is 11.8. The Balaban J connectivity index is 1.82. The van der Waals surface area contributed by atoms with Crippen LogP contribution in [0.4, 0.5) is 5.69 Å². The van der Waals surface area contributed by atoms with Gasteiger partial charge in [-0.05, 0) is 41.6 Å². The molecule has 0 aliphatic rings. The van der Waals surface area contributed by atoms with Crippen molar-refractivity contribution in [1.82, 2.24) is 4.98 Å². The van der Waals surface area contributed by atoms with Gasteiger partial charge in [0.1, 0.15) is 4.91 Å². The first-order valence-corrected chi connectivity index (χ1v) is 10.6. The third-order valence-electron chi connectivity index (χ3n) is 4.17. The first-order chi connectivity index (χ1) is 14.2. The zero-order valence-electron chi connectivity index (χ0n) is 15.7. The molecule has 0 aliphatic carbocycles. The average Bonchev–Trinajstić information content (AvgIpc) is 3.19. The number of nitrogens with zero attached hydrogens (tertiary/aromatic N) is 1. The largest absolute Gasteiger partial charge is 0.465 e. The number of methoxy groups -OCH3 is 1. The summed E-state index contributed by atoms with van der Waals surface area (Å²) in [6.45, 7) is 0. The van der Waals surface area contributed by atoms with Gasteiger partial charge in [-0.2, -0.15) is 0 Å². The van der Waals surface area contributed by atoms with Crippen LogP contribution in [0.25, 0.3) is 15.9 Å². The maximum atomic E-state index is 12.8. The number of benzene rings is 3. The number of anilines is 1. The summed E-state index contributed by atoms with van der Waals surface area (Å²) in [5.74, 6) is -0.406. The van der Waals surface area contributed by atoms with Crippen LogP contribution in [0.3, 0.4) is 0 Å². The van der Waals surface area contributed by atoms with Gasteiger partial charge in [-0.3, -0.25) is 0 Å². The lowest BCUT2D eigenvalue weighted by Gasteiger charge is -2.15. The number of fused-ring (bicyclic) bond motifs is 1. The smallest absolute Gasteiger partial charge is 0.346 e. The molecule has 4 rings (SSSR count). The number of hydrogen-bond donors (Lipinski definition) is 1. The summed E-state index contributed by atoms with van der Waals surface area (Å²) in [4.78, 5) is 17.9. The molecule has 1 N–H and O–H groups in total. The SMILES string of the molecule is COC(=O)/C(Sc1nc2ccccc2s1)=C(\Nc1ccccc1)c1ccccc1. The molecular weight excluding hydrogens is 400 g/mol. The first-order valence-electron chi connectivity index (χ1n) is 8.98. The quantitative estimate of drug-likeness (QED) is 0.235. The van der Waals surface area contributed by atoms with E-state index in [-0.39, 0.29) is 0 Å². The fourth-order valence-corrected chi connectivity index (χ4v) is 4.94. The number of carbonyl (C=O) groups is 1. The number of carbonyl (C=O) groups excluding carboxylic acids is 1. The number of thioether (sulfide) groups is 1. The molecule has 1 aromatic heterocycles. The molecule has 0 atom stereocenters. The van der Waals surface area contributed by atoms with Gasteiger partial charge in [-0.25, -0.2) is 9.78 Å².